The fourth-order valence-electron chi connectivity index (χ4n) is 2.44. The average molecular weight is 358 g/mol. The third-order valence-corrected chi connectivity index (χ3v) is 4.18. The number of imidazole rings is 1. The van der Waals surface area contributed by atoms with Crippen LogP contribution in [0, 0.1) is 0 Å². The minimum absolute atomic E-state index is 0.132. The summed E-state index contributed by atoms with van der Waals surface area (Å²) in [5, 5.41) is 2.89. The van der Waals surface area contributed by atoms with Crippen molar-refractivity contribution in [2.45, 2.75) is 13.3 Å². The molecule has 2 aromatic carbocycles. The van der Waals surface area contributed by atoms with Crippen LogP contribution >= 0.6 is 15.9 Å². The molecular formula is C17H16BrN3O. The molecule has 1 heterocycles. The highest BCUT2D eigenvalue weighted by Gasteiger charge is 2.11. The van der Waals surface area contributed by atoms with Crippen molar-refractivity contribution in [3.8, 4) is 0 Å². The Morgan fingerprint density at radius 2 is 1.95 bits per heavy atom. The monoisotopic (exact) mass is 357 g/mol. The number of anilines is 1. The predicted molar refractivity (Wildman–Crippen MR) is 92.2 cm³/mol. The van der Waals surface area contributed by atoms with E-state index in [1.54, 1.807) is 0 Å². The lowest BCUT2D eigenvalue weighted by atomic mass is 10.2. The Kier molecular flexibility index (Phi) is 3.98. The van der Waals surface area contributed by atoms with Gasteiger partial charge < -0.3 is 9.88 Å². The quantitative estimate of drug-likeness (QED) is 0.765. The number of halogens is 1. The summed E-state index contributed by atoms with van der Waals surface area (Å²) < 4.78 is 3.04. The SMILES string of the molecule is CCc1nc2cc(C(=O)Nc3ccc(Br)cc3)ccc2n1C. The van der Waals surface area contributed by atoms with Crippen LogP contribution in [-0.2, 0) is 13.5 Å². The molecule has 0 atom stereocenters. The molecule has 0 aliphatic heterocycles. The first-order chi connectivity index (χ1) is 10.6. The lowest BCUT2D eigenvalue weighted by Gasteiger charge is -2.05. The second kappa shape index (κ2) is 5.93. The molecule has 1 N–H and O–H groups in total. The zero-order chi connectivity index (χ0) is 15.7. The number of carbonyl (C=O) groups excluding carboxylic acids is 1. The van der Waals surface area contributed by atoms with Gasteiger partial charge in [-0.3, -0.25) is 4.79 Å². The van der Waals surface area contributed by atoms with E-state index in [9.17, 15) is 4.79 Å². The van der Waals surface area contributed by atoms with E-state index in [0.29, 0.717) is 5.56 Å². The molecule has 0 saturated carbocycles. The molecule has 5 heteroatoms. The number of nitrogens with one attached hydrogen (secondary N) is 1. The number of carbonyl (C=O) groups is 1. The van der Waals surface area contributed by atoms with Gasteiger partial charge in [-0.15, -0.1) is 0 Å². The van der Waals surface area contributed by atoms with Gasteiger partial charge in [0.1, 0.15) is 5.82 Å². The van der Waals surface area contributed by atoms with Crippen LogP contribution in [0.15, 0.2) is 46.9 Å². The standard InChI is InChI=1S/C17H16BrN3O/c1-3-16-20-14-10-11(4-9-15(14)21(16)2)17(22)19-13-7-5-12(18)6-8-13/h4-10H,3H2,1-2H3,(H,19,22). The third-order valence-electron chi connectivity index (χ3n) is 3.65. The molecule has 3 aromatic rings. The van der Waals surface area contributed by atoms with Gasteiger partial charge in [0.25, 0.3) is 5.91 Å². The molecule has 1 amide bonds. The van der Waals surface area contributed by atoms with Crippen molar-refractivity contribution < 1.29 is 4.79 Å². The fraction of sp³-hybridized carbons (Fsp3) is 0.176. The number of aryl methyl sites for hydroxylation is 2. The van der Waals surface area contributed by atoms with E-state index in [1.807, 2.05) is 49.5 Å². The molecule has 0 aliphatic carbocycles. The van der Waals surface area contributed by atoms with Gasteiger partial charge in [0.15, 0.2) is 0 Å². The number of amides is 1. The number of hydrogen-bond acceptors (Lipinski definition) is 2. The second-order valence-corrected chi connectivity index (χ2v) is 6.02. The first-order valence-corrected chi connectivity index (χ1v) is 7.90. The maximum absolute atomic E-state index is 12.3. The van der Waals surface area contributed by atoms with Gasteiger partial charge >= 0.3 is 0 Å². The van der Waals surface area contributed by atoms with Crippen molar-refractivity contribution in [2.75, 3.05) is 5.32 Å². The minimum Gasteiger partial charge on any atom is -0.331 e. The zero-order valence-electron chi connectivity index (χ0n) is 12.4. The Balaban J connectivity index is 1.89. The number of rotatable bonds is 3. The Morgan fingerprint density at radius 3 is 2.64 bits per heavy atom. The fourth-order valence-corrected chi connectivity index (χ4v) is 2.71. The zero-order valence-corrected chi connectivity index (χ0v) is 14.0. The molecule has 3 rings (SSSR count). The molecule has 1 aromatic heterocycles. The number of nitrogens with zero attached hydrogens (tertiary/aromatic N) is 2. The lowest BCUT2D eigenvalue weighted by Crippen LogP contribution is -2.11. The van der Waals surface area contributed by atoms with E-state index < -0.39 is 0 Å². The van der Waals surface area contributed by atoms with Crippen molar-refractivity contribution >= 4 is 38.6 Å². The van der Waals surface area contributed by atoms with E-state index in [1.165, 1.54) is 0 Å². The summed E-state index contributed by atoms with van der Waals surface area (Å²) in [5.74, 6) is 0.883. The normalized spacial score (nSPS) is 10.9. The van der Waals surface area contributed by atoms with Crippen LogP contribution in [0.5, 0.6) is 0 Å². The summed E-state index contributed by atoms with van der Waals surface area (Å²) in [6, 6.07) is 13.1. The molecule has 0 unspecified atom stereocenters. The van der Waals surface area contributed by atoms with Gasteiger partial charge in [-0.25, -0.2) is 4.98 Å². The molecule has 0 radical (unpaired) electrons. The Bertz CT molecular complexity index is 837. The van der Waals surface area contributed by atoms with Crippen LogP contribution in [-0.4, -0.2) is 15.5 Å². The average Bonchev–Trinajstić information content (AvgIpc) is 2.85. The van der Waals surface area contributed by atoms with Gasteiger partial charge in [0.05, 0.1) is 11.0 Å². The summed E-state index contributed by atoms with van der Waals surface area (Å²) >= 11 is 3.38. The molecular weight excluding hydrogens is 342 g/mol. The van der Waals surface area contributed by atoms with Crippen LogP contribution in [0.4, 0.5) is 5.69 Å². The van der Waals surface area contributed by atoms with Crippen LogP contribution in [0.1, 0.15) is 23.1 Å². The largest absolute Gasteiger partial charge is 0.331 e. The summed E-state index contributed by atoms with van der Waals surface area (Å²) in [5.41, 5.74) is 3.26. The van der Waals surface area contributed by atoms with Crippen LogP contribution in [0.25, 0.3) is 11.0 Å². The molecule has 0 fully saturated rings. The van der Waals surface area contributed by atoms with Crippen LogP contribution < -0.4 is 5.32 Å². The van der Waals surface area contributed by atoms with E-state index >= 15 is 0 Å². The van der Waals surface area contributed by atoms with Gasteiger partial charge in [-0.2, -0.15) is 0 Å². The first-order valence-electron chi connectivity index (χ1n) is 7.10. The van der Waals surface area contributed by atoms with E-state index in [-0.39, 0.29) is 5.91 Å². The Morgan fingerprint density at radius 1 is 1.23 bits per heavy atom. The number of hydrogen-bond donors (Lipinski definition) is 1. The highest BCUT2D eigenvalue weighted by molar-refractivity contribution is 9.10. The summed E-state index contributed by atoms with van der Waals surface area (Å²) in [7, 11) is 2.00. The third kappa shape index (κ3) is 2.76. The number of benzene rings is 2. The molecule has 4 nitrogen and oxygen atoms in total. The minimum atomic E-state index is -0.132. The summed E-state index contributed by atoms with van der Waals surface area (Å²) in [4.78, 5) is 16.9. The molecule has 0 saturated heterocycles. The molecule has 0 bridgehead atoms. The van der Waals surface area contributed by atoms with Crippen molar-refractivity contribution in [1.29, 1.82) is 0 Å². The number of fused-ring (bicyclic) bond motifs is 1. The van der Waals surface area contributed by atoms with Crippen molar-refractivity contribution in [2.24, 2.45) is 7.05 Å². The Hall–Kier alpha value is -2.14. The van der Waals surface area contributed by atoms with Gasteiger partial charge in [-0.05, 0) is 42.5 Å². The second-order valence-electron chi connectivity index (χ2n) is 5.11. The van der Waals surface area contributed by atoms with Gasteiger partial charge in [0.2, 0.25) is 0 Å². The molecule has 112 valence electrons. The molecule has 0 spiro atoms. The van der Waals surface area contributed by atoms with E-state index in [0.717, 1.165) is 33.4 Å². The van der Waals surface area contributed by atoms with Crippen LogP contribution in [0.2, 0.25) is 0 Å². The molecule has 0 aliphatic rings. The van der Waals surface area contributed by atoms with Gasteiger partial charge in [-0.1, -0.05) is 22.9 Å². The van der Waals surface area contributed by atoms with Crippen LogP contribution in [0.3, 0.4) is 0 Å². The first kappa shape index (κ1) is 14.8. The molecule has 22 heavy (non-hydrogen) atoms. The lowest BCUT2D eigenvalue weighted by molar-refractivity contribution is 0.102. The highest BCUT2D eigenvalue weighted by Crippen LogP contribution is 2.19. The van der Waals surface area contributed by atoms with Crippen molar-refractivity contribution in [3.63, 3.8) is 0 Å². The van der Waals surface area contributed by atoms with Gasteiger partial charge in [0, 0.05) is 29.2 Å². The Labute approximate surface area is 137 Å². The maximum atomic E-state index is 12.3. The topological polar surface area (TPSA) is 46.9 Å². The van der Waals surface area contributed by atoms with Crippen molar-refractivity contribution in [3.05, 3.63) is 58.3 Å². The number of aromatic nitrogens is 2. The van der Waals surface area contributed by atoms with E-state index in [4.69, 9.17) is 0 Å². The van der Waals surface area contributed by atoms with E-state index in [2.05, 4.69) is 37.7 Å². The highest BCUT2D eigenvalue weighted by atomic mass is 79.9. The predicted octanol–water partition coefficient (Wildman–Crippen LogP) is 4.15. The summed E-state index contributed by atoms with van der Waals surface area (Å²) in [6.45, 7) is 2.07. The smallest absolute Gasteiger partial charge is 0.255 e. The maximum Gasteiger partial charge on any atom is 0.255 e. The summed E-state index contributed by atoms with van der Waals surface area (Å²) in [6.07, 6.45) is 0.867. The van der Waals surface area contributed by atoms with Crippen molar-refractivity contribution in [1.82, 2.24) is 9.55 Å².